The van der Waals surface area contributed by atoms with E-state index in [0.717, 1.165) is 4.90 Å². The Balaban J connectivity index is 1.99. The second kappa shape index (κ2) is 7.07. The number of piperidine rings is 1. The molecule has 1 amide bonds. The lowest BCUT2D eigenvalue weighted by Crippen LogP contribution is -2.50. The van der Waals surface area contributed by atoms with Crippen LogP contribution in [0.5, 0.6) is 0 Å². The highest BCUT2D eigenvalue weighted by Gasteiger charge is 2.41. The maximum Gasteiger partial charge on any atom is 0.406 e. The number of hydrogen-bond donors (Lipinski definition) is 0. The molecule has 2 rings (SSSR count). The molecule has 3 unspecified atom stereocenters. The fourth-order valence-corrected chi connectivity index (χ4v) is 3.34. The van der Waals surface area contributed by atoms with Crippen LogP contribution in [0.4, 0.5) is 13.2 Å². The second-order valence-electron chi connectivity index (χ2n) is 6.30. The molecular weight excluding hydrogens is 313 g/mol. The van der Waals surface area contributed by atoms with E-state index in [1.807, 2.05) is 11.8 Å². The molecule has 132 valence electrons. The minimum atomic E-state index is -4.40. The molecule has 2 heterocycles. The van der Waals surface area contributed by atoms with Gasteiger partial charge in [0.05, 0.1) is 5.92 Å². The molecule has 3 atom stereocenters. The number of hydrogen-bond acceptors (Lipinski definition) is 4. The average molecular weight is 336 g/mol. The van der Waals surface area contributed by atoms with Crippen LogP contribution in [-0.2, 0) is 14.3 Å². The molecule has 8 heteroatoms. The lowest BCUT2D eigenvalue weighted by molar-refractivity contribution is -0.164. The van der Waals surface area contributed by atoms with Crippen LogP contribution in [-0.4, -0.2) is 66.2 Å². The van der Waals surface area contributed by atoms with Crippen molar-refractivity contribution in [2.24, 2.45) is 5.92 Å². The van der Waals surface area contributed by atoms with Crippen LogP contribution < -0.4 is 0 Å². The molecule has 5 nitrogen and oxygen atoms in total. The van der Waals surface area contributed by atoms with Crippen molar-refractivity contribution < 1.29 is 27.5 Å². The summed E-state index contributed by atoms with van der Waals surface area (Å²) >= 11 is 0. The third kappa shape index (κ3) is 4.59. The number of esters is 1. The molecule has 2 aliphatic heterocycles. The van der Waals surface area contributed by atoms with E-state index >= 15 is 0 Å². The average Bonchev–Trinajstić information content (AvgIpc) is 2.82. The number of carbonyl (C=O) groups is 2. The van der Waals surface area contributed by atoms with Crippen LogP contribution in [0.1, 0.15) is 33.1 Å². The molecule has 0 saturated carbocycles. The Morgan fingerprint density at radius 2 is 2.13 bits per heavy atom. The summed E-state index contributed by atoms with van der Waals surface area (Å²) in [5.41, 5.74) is 0. The third-order valence-corrected chi connectivity index (χ3v) is 4.45. The topological polar surface area (TPSA) is 49.9 Å². The quantitative estimate of drug-likeness (QED) is 0.735. The molecule has 0 N–H and O–H groups in total. The summed E-state index contributed by atoms with van der Waals surface area (Å²) in [6.07, 6.45) is -2.73. The molecule has 0 aromatic carbocycles. The molecule has 0 aromatic heterocycles. The Bertz CT molecular complexity index is 456. The first kappa shape index (κ1) is 18.0. The zero-order valence-electron chi connectivity index (χ0n) is 13.4. The summed E-state index contributed by atoms with van der Waals surface area (Å²) in [6, 6.07) is -0.377. The molecule has 2 aliphatic rings. The van der Waals surface area contributed by atoms with Crippen molar-refractivity contribution in [1.82, 2.24) is 9.80 Å². The Morgan fingerprint density at radius 3 is 2.65 bits per heavy atom. The molecule has 0 spiro atoms. The van der Waals surface area contributed by atoms with Crippen molar-refractivity contribution in [2.45, 2.75) is 51.4 Å². The van der Waals surface area contributed by atoms with Crippen LogP contribution in [0.2, 0.25) is 0 Å². The maximum absolute atomic E-state index is 12.6. The predicted octanol–water partition coefficient (Wildman–Crippen LogP) is 1.81. The van der Waals surface area contributed by atoms with Gasteiger partial charge in [0, 0.05) is 19.5 Å². The number of rotatable bonds is 4. The van der Waals surface area contributed by atoms with Crippen molar-refractivity contribution in [3.05, 3.63) is 0 Å². The molecule has 0 aliphatic carbocycles. The van der Waals surface area contributed by atoms with Crippen molar-refractivity contribution in [3.8, 4) is 0 Å². The number of nitrogens with zero attached hydrogens (tertiary/aromatic N) is 2. The van der Waals surface area contributed by atoms with Crippen LogP contribution >= 0.6 is 0 Å². The van der Waals surface area contributed by atoms with Gasteiger partial charge in [-0.3, -0.25) is 14.5 Å². The minimum Gasteiger partial charge on any atom is -0.461 e. The molecule has 0 radical (unpaired) electrons. The fraction of sp³-hybridized carbons (Fsp3) is 0.867. The van der Waals surface area contributed by atoms with Gasteiger partial charge in [-0.05, 0) is 33.2 Å². The Hall–Kier alpha value is -1.31. The van der Waals surface area contributed by atoms with Crippen LogP contribution in [0.3, 0.4) is 0 Å². The number of amides is 1. The van der Waals surface area contributed by atoms with Crippen molar-refractivity contribution >= 4 is 11.9 Å². The van der Waals surface area contributed by atoms with Gasteiger partial charge in [-0.1, -0.05) is 0 Å². The molecule has 2 fully saturated rings. The van der Waals surface area contributed by atoms with E-state index in [1.54, 1.807) is 6.92 Å². The second-order valence-corrected chi connectivity index (χ2v) is 6.30. The van der Waals surface area contributed by atoms with Crippen molar-refractivity contribution in [3.63, 3.8) is 0 Å². The third-order valence-electron chi connectivity index (χ3n) is 4.45. The summed E-state index contributed by atoms with van der Waals surface area (Å²) in [7, 11) is 0. The summed E-state index contributed by atoms with van der Waals surface area (Å²) in [6.45, 7) is 3.15. The SMILES string of the molecule is CCN(CC(F)(F)F)C(=O)C1CCCN(C2CC(C)OC2=O)C1. The van der Waals surface area contributed by atoms with E-state index in [2.05, 4.69) is 0 Å². The highest BCUT2D eigenvalue weighted by molar-refractivity contribution is 5.80. The lowest BCUT2D eigenvalue weighted by Gasteiger charge is -2.36. The predicted molar refractivity (Wildman–Crippen MR) is 76.6 cm³/mol. The summed E-state index contributed by atoms with van der Waals surface area (Å²) in [5, 5.41) is 0. The maximum atomic E-state index is 12.6. The smallest absolute Gasteiger partial charge is 0.406 e. The van der Waals surface area contributed by atoms with Gasteiger partial charge in [-0.2, -0.15) is 13.2 Å². The Labute approximate surface area is 133 Å². The van der Waals surface area contributed by atoms with Crippen molar-refractivity contribution in [2.75, 3.05) is 26.2 Å². The first-order valence-electron chi connectivity index (χ1n) is 8.01. The van der Waals surface area contributed by atoms with E-state index in [1.165, 1.54) is 0 Å². The van der Waals surface area contributed by atoms with Gasteiger partial charge < -0.3 is 9.64 Å². The zero-order chi connectivity index (χ0) is 17.2. The van der Waals surface area contributed by atoms with Gasteiger partial charge in [-0.25, -0.2) is 0 Å². The van der Waals surface area contributed by atoms with Gasteiger partial charge >= 0.3 is 12.1 Å². The van der Waals surface area contributed by atoms with Crippen LogP contribution in [0, 0.1) is 5.92 Å². The minimum absolute atomic E-state index is 0.0251. The van der Waals surface area contributed by atoms with Gasteiger partial charge in [0.1, 0.15) is 18.7 Å². The normalized spacial score (nSPS) is 29.4. The molecule has 0 aromatic rings. The molecule has 2 saturated heterocycles. The lowest BCUT2D eigenvalue weighted by atomic mass is 9.94. The van der Waals surface area contributed by atoms with Gasteiger partial charge in [0.15, 0.2) is 0 Å². The first-order valence-corrected chi connectivity index (χ1v) is 8.01. The summed E-state index contributed by atoms with van der Waals surface area (Å²) in [4.78, 5) is 27.0. The van der Waals surface area contributed by atoms with E-state index in [-0.39, 0.29) is 24.7 Å². The van der Waals surface area contributed by atoms with E-state index < -0.39 is 24.5 Å². The summed E-state index contributed by atoms with van der Waals surface area (Å²) < 4.78 is 42.8. The van der Waals surface area contributed by atoms with Gasteiger partial charge in [0.2, 0.25) is 5.91 Å². The van der Waals surface area contributed by atoms with E-state index in [9.17, 15) is 22.8 Å². The Morgan fingerprint density at radius 1 is 1.43 bits per heavy atom. The van der Waals surface area contributed by atoms with E-state index in [4.69, 9.17) is 4.74 Å². The number of carbonyl (C=O) groups excluding carboxylic acids is 2. The number of ether oxygens (including phenoxy) is 1. The molecular formula is C15H23F3N2O3. The molecule has 0 bridgehead atoms. The largest absolute Gasteiger partial charge is 0.461 e. The fourth-order valence-electron chi connectivity index (χ4n) is 3.34. The van der Waals surface area contributed by atoms with Crippen molar-refractivity contribution in [1.29, 1.82) is 0 Å². The monoisotopic (exact) mass is 336 g/mol. The number of halogens is 3. The highest BCUT2D eigenvalue weighted by atomic mass is 19.4. The van der Waals surface area contributed by atoms with Crippen LogP contribution in [0.25, 0.3) is 0 Å². The van der Waals surface area contributed by atoms with Gasteiger partial charge in [0.25, 0.3) is 0 Å². The summed E-state index contributed by atoms with van der Waals surface area (Å²) in [5.74, 6) is -1.27. The van der Waals surface area contributed by atoms with E-state index in [0.29, 0.717) is 32.4 Å². The first-order chi connectivity index (χ1) is 10.7. The number of likely N-dealkylation sites (tertiary alicyclic amines) is 1. The van der Waals surface area contributed by atoms with Gasteiger partial charge in [-0.15, -0.1) is 0 Å². The number of alkyl halides is 3. The molecule has 23 heavy (non-hydrogen) atoms. The zero-order valence-corrected chi connectivity index (χ0v) is 13.4. The Kier molecular flexibility index (Phi) is 5.54. The standard InChI is InChI=1S/C15H23F3N2O3/c1-3-19(9-15(16,17)18)13(21)11-5-4-6-20(8-11)12-7-10(2)23-14(12)22/h10-12H,3-9H2,1-2H3. The van der Waals surface area contributed by atoms with Crippen LogP contribution in [0.15, 0.2) is 0 Å². The number of cyclic esters (lactones) is 1. The highest BCUT2D eigenvalue weighted by Crippen LogP contribution is 2.27.